The van der Waals surface area contributed by atoms with E-state index in [-0.39, 0.29) is 11.9 Å². The lowest BCUT2D eigenvalue weighted by Crippen LogP contribution is -2.31. The summed E-state index contributed by atoms with van der Waals surface area (Å²) >= 11 is 1.52. The van der Waals surface area contributed by atoms with Gasteiger partial charge in [-0.3, -0.25) is 9.78 Å². The molecule has 0 saturated carbocycles. The van der Waals surface area contributed by atoms with E-state index < -0.39 is 5.41 Å². The van der Waals surface area contributed by atoms with Gasteiger partial charge >= 0.3 is 5.97 Å². The van der Waals surface area contributed by atoms with Crippen molar-refractivity contribution in [3.05, 3.63) is 29.2 Å². The zero-order valence-corrected chi connectivity index (χ0v) is 10.0. The third kappa shape index (κ3) is 2.26. The molecule has 0 amide bonds. The van der Waals surface area contributed by atoms with Gasteiger partial charge in [-0.1, -0.05) is 6.08 Å². The van der Waals surface area contributed by atoms with Crippen LogP contribution in [0.25, 0.3) is 0 Å². The Balaban J connectivity index is 3.02. The van der Waals surface area contributed by atoms with Gasteiger partial charge in [-0.2, -0.15) is 0 Å². The van der Waals surface area contributed by atoms with Crippen LogP contribution in [0.5, 0.6) is 0 Å². The lowest BCUT2D eigenvalue weighted by Gasteiger charge is -2.28. The van der Waals surface area contributed by atoms with Gasteiger partial charge in [-0.05, 0) is 13.8 Å². The largest absolute Gasteiger partial charge is 0.469 e. The van der Waals surface area contributed by atoms with E-state index in [1.54, 1.807) is 17.8 Å². The van der Waals surface area contributed by atoms with Gasteiger partial charge in [-0.25, -0.2) is 0 Å². The lowest BCUT2D eigenvalue weighted by atomic mass is 9.78. The van der Waals surface area contributed by atoms with Gasteiger partial charge in [-0.15, -0.1) is 17.9 Å². The summed E-state index contributed by atoms with van der Waals surface area (Å²) in [4.78, 5) is 16.7. The van der Waals surface area contributed by atoms with Crippen molar-refractivity contribution in [2.24, 2.45) is 5.41 Å². The van der Waals surface area contributed by atoms with Gasteiger partial charge in [0.25, 0.3) is 0 Å². The van der Waals surface area contributed by atoms with Crippen LogP contribution in [-0.4, -0.2) is 18.1 Å². The summed E-state index contributed by atoms with van der Waals surface area (Å²) in [5, 5.41) is 0. The van der Waals surface area contributed by atoms with Crippen LogP contribution >= 0.6 is 11.3 Å². The van der Waals surface area contributed by atoms with Crippen LogP contribution in [0.2, 0.25) is 0 Å². The fraction of sp³-hybridized carbons (Fsp3) is 0.455. The van der Waals surface area contributed by atoms with Crippen LogP contribution < -0.4 is 0 Å². The summed E-state index contributed by atoms with van der Waals surface area (Å²) in [6, 6.07) is 0. The Morgan fingerprint density at radius 2 is 2.40 bits per heavy atom. The van der Waals surface area contributed by atoms with Crippen LogP contribution in [0.4, 0.5) is 0 Å². The topological polar surface area (TPSA) is 39.2 Å². The fourth-order valence-corrected chi connectivity index (χ4v) is 2.44. The highest BCUT2D eigenvalue weighted by Gasteiger charge is 2.37. The van der Waals surface area contributed by atoms with Gasteiger partial charge in [0.1, 0.15) is 0 Å². The van der Waals surface area contributed by atoms with Gasteiger partial charge < -0.3 is 4.74 Å². The van der Waals surface area contributed by atoms with E-state index >= 15 is 0 Å². The molecule has 15 heavy (non-hydrogen) atoms. The molecule has 0 aromatic carbocycles. The first-order chi connectivity index (χ1) is 7.04. The third-order valence-electron chi connectivity index (χ3n) is 2.48. The molecule has 0 unspecified atom stereocenters. The molecule has 1 aromatic rings. The van der Waals surface area contributed by atoms with Crippen LogP contribution in [0.3, 0.4) is 0 Å². The normalized spacial score (nSPS) is 13.3. The molecule has 1 aromatic heterocycles. The SMILES string of the molecule is C=C[C@H](c1cncs1)C(C)(C)C(=O)OC. The van der Waals surface area contributed by atoms with Crippen LogP contribution in [-0.2, 0) is 9.53 Å². The number of carbonyl (C=O) groups is 1. The molecule has 0 fully saturated rings. The molecule has 1 rings (SSSR count). The zero-order valence-electron chi connectivity index (χ0n) is 9.19. The highest BCUT2D eigenvalue weighted by Crippen LogP contribution is 2.38. The maximum atomic E-state index is 11.6. The van der Waals surface area contributed by atoms with E-state index in [0.717, 1.165) is 4.88 Å². The molecule has 0 saturated heterocycles. The molecule has 0 aliphatic rings. The summed E-state index contributed by atoms with van der Waals surface area (Å²) in [7, 11) is 1.40. The average Bonchev–Trinajstić information content (AvgIpc) is 2.70. The average molecular weight is 225 g/mol. The Kier molecular flexibility index (Phi) is 3.63. The first-order valence-corrected chi connectivity index (χ1v) is 5.51. The van der Waals surface area contributed by atoms with Crippen molar-refractivity contribution in [2.45, 2.75) is 19.8 Å². The first kappa shape index (κ1) is 11.9. The molecule has 0 aliphatic heterocycles. The van der Waals surface area contributed by atoms with E-state index in [0.29, 0.717) is 0 Å². The van der Waals surface area contributed by atoms with Crippen molar-refractivity contribution in [1.82, 2.24) is 4.98 Å². The Morgan fingerprint density at radius 1 is 1.73 bits per heavy atom. The highest BCUT2D eigenvalue weighted by atomic mass is 32.1. The summed E-state index contributed by atoms with van der Waals surface area (Å²) in [5.74, 6) is -0.293. The second kappa shape index (κ2) is 4.57. The maximum absolute atomic E-state index is 11.6. The maximum Gasteiger partial charge on any atom is 0.312 e. The molecule has 1 heterocycles. The van der Waals surface area contributed by atoms with Crippen LogP contribution in [0, 0.1) is 5.41 Å². The van der Waals surface area contributed by atoms with Crippen molar-refractivity contribution in [1.29, 1.82) is 0 Å². The second-order valence-corrected chi connectivity index (χ2v) is 4.75. The Labute approximate surface area is 93.8 Å². The zero-order chi connectivity index (χ0) is 11.5. The number of hydrogen-bond donors (Lipinski definition) is 0. The number of rotatable bonds is 4. The molecule has 0 aliphatic carbocycles. The fourth-order valence-electron chi connectivity index (χ4n) is 1.54. The second-order valence-electron chi connectivity index (χ2n) is 3.83. The summed E-state index contributed by atoms with van der Waals surface area (Å²) < 4.78 is 4.79. The van der Waals surface area contributed by atoms with Gasteiger partial charge in [0.15, 0.2) is 0 Å². The molecule has 0 spiro atoms. The minimum absolute atomic E-state index is 0.0579. The van der Waals surface area contributed by atoms with Gasteiger partial charge in [0, 0.05) is 17.0 Å². The predicted octanol–water partition coefficient (Wildman–Crippen LogP) is 2.61. The van der Waals surface area contributed by atoms with Crippen molar-refractivity contribution >= 4 is 17.3 Å². The summed E-state index contributed by atoms with van der Waals surface area (Å²) in [5.41, 5.74) is 1.14. The number of allylic oxidation sites excluding steroid dienone is 1. The van der Waals surface area contributed by atoms with Gasteiger partial charge in [0.2, 0.25) is 0 Å². The number of nitrogens with zero attached hydrogens (tertiary/aromatic N) is 1. The number of hydrogen-bond acceptors (Lipinski definition) is 4. The quantitative estimate of drug-likeness (QED) is 0.584. The van der Waals surface area contributed by atoms with E-state index in [9.17, 15) is 4.79 Å². The van der Waals surface area contributed by atoms with E-state index in [2.05, 4.69) is 11.6 Å². The molecule has 0 radical (unpaired) electrons. The number of methoxy groups -OCH3 is 1. The third-order valence-corrected chi connectivity index (χ3v) is 3.34. The Morgan fingerprint density at radius 3 is 2.80 bits per heavy atom. The van der Waals surface area contributed by atoms with Crippen molar-refractivity contribution in [3.8, 4) is 0 Å². The number of thiazole rings is 1. The molecule has 0 N–H and O–H groups in total. The van der Waals surface area contributed by atoms with Crippen LogP contribution in [0.15, 0.2) is 24.4 Å². The molecule has 0 bridgehead atoms. The van der Waals surface area contributed by atoms with E-state index in [4.69, 9.17) is 4.74 Å². The molecule has 82 valence electrons. The van der Waals surface area contributed by atoms with Crippen molar-refractivity contribution < 1.29 is 9.53 Å². The molecular formula is C11H15NO2S. The first-order valence-electron chi connectivity index (χ1n) is 4.63. The number of carbonyl (C=O) groups excluding carboxylic acids is 1. The van der Waals surface area contributed by atoms with E-state index in [1.807, 2.05) is 13.8 Å². The smallest absolute Gasteiger partial charge is 0.312 e. The van der Waals surface area contributed by atoms with Crippen LogP contribution in [0.1, 0.15) is 24.6 Å². The number of aromatic nitrogens is 1. The Hall–Kier alpha value is -1.16. The summed E-state index contributed by atoms with van der Waals surface area (Å²) in [6.45, 7) is 7.48. The lowest BCUT2D eigenvalue weighted by molar-refractivity contribution is -0.151. The molecule has 4 heteroatoms. The van der Waals surface area contributed by atoms with E-state index in [1.165, 1.54) is 18.4 Å². The minimum atomic E-state index is -0.608. The Bertz CT molecular complexity index is 343. The summed E-state index contributed by atoms with van der Waals surface area (Å²) in [6.07, 6.45) is 3.53. The van der Waals surface area contributed by atoms with Crippen molar-refractivity contribution in [3.63, 3.8) is 0 Å². The number of esters is 1. The molecule has 1 atom stereocenters. The number of ether oxygens (including phenoxy) is 1. The molecule has 3 nitrogen and oxygen atoms in total. The highest BCUT2D eigenvalue weighted by molar-refractivity contribution is 7.09. The predicted molar refractivity (Wildman–Crippen MR) is 60.8 cm³/mol. The standard InChI is InChI=1S/C11H15NO2S/c1-5-8(9-6-12-7-15-9)11(2,3)10(13)14-4/h5-8H,1H2,2-4H3/t8-/m1/s1. The monoisotopic (exact) mass is 225 g/mol. The van der Waals surface area contributed by atoms with Crippen molar-refractivity contribution in [2.75, 3.05) is 7.11 Å². The minimum Gasteiger partial charge on any atom is -0.469 e. The van der Waals surface area contributed by atoms with Gasteiger partial charge in [0.05, 0.1) is 18.0 Å². The molecular weight excluding hydrogens is 210 g/mol.